The van der Waals surface area contributed by atoms with E-state index in [0.29, 0.717) is 26.1 Å². The first kappa shape index (κ1) is 18.9. The van der Waals surface area contributed by atoms with Crippen molar-refractivity contribution in [1.29, 1.82) is 0 Å². The molecule has 0 bridgehead atoms. The van der Waals surface area contributed by atoms with E-state index in [0.717, 1.165) is 10.6 Å². The molecule has 0 aliphatic rings. The van der Waals surface area contributed by atoms with Gasteiger partial charge in [0.25, 0.3) is 0 Å². The Kier molecular flexibility index (Phi) is 7.40. The molecule has 134 valence electrons. The van der Waals surface area contributed by atoms with Crippen LogP contribution < -0.4 is 5.32 Å². The SMILES string of the molecule is CCN(Cc1cccs1)C(=O)NCC(=O)N(C)CCc1ccccn1. The molecule has 0 saturated heterocycles. The minimum absolute atomic E-state index is 0.00150. The van der Waals surface area contributed by atoms with E-state index in [1.54, 1.807) is 34.4 Å². The van der Waals surface area contributed by atoms with Gasteiger partial charge < -0.3 is 15.1 Å². The maximum atomic E-state index is 12.2. The minimum atomic E-state index is -0.220. The van der Waals surface area contributed by atoms with E-state index in [1.165, 1.54) is 0 Å². The van der Waals surface area contributed by atoms with E-state index in [2.05, 4.69) is 10.3 Å². The Labute approximate surface area is 152 Å². The van der Waals surface area contributed by atoms with Crippen LogP contribution in [0, 0.1) is 0 Å². The van der Waals surface area contributed by atoms with Gasteiger partial charge in [-0.1, -0.05) is 12.1 Å². The normalized spacial score (nSPS) is 10.3. The molecule has 25 heavy (non-hydrogen) atoms. The van der Waals surface area contributed by atoms with Crippen molar-refractivity contribution in [2.45, 2.75) is 19.9 Å². The Bertz CT molecular complexity index is 661. The lowest BCUT2D eigenvalue weighted by molar-refractivity contribution is -0.128. The third-order valence-electron chi connectivity index (χ3n) is 3.84. The van der Waals surface area contributed by atoms with Crippen LogP contribution >= 0.6 is 11.3 Å². The fourth-order valence-electron chi connectivity index (χ4n) is 2.27. The molecule has 0 spiro atoms. The molecule has 3 amide bonds. The number of pyridine rings is 1. The van der Waals surface area contributed by atoms with Crippen molar-refractivity contribution < 1.29 is 9.59 Å². The van der Waals surface area contributed by atoms with Gasteiger partial charge in [0, 0.05) is 43.3 Å². The molecule has 0 radical (unpaired) electrons. The lowest BCUT2D eigenvalue weighted by atomic mass is 10.2. The van der Waals surface area contributed by atoms with Crippen LogP contribution in [-0.2, 0) is 17.8 Å². The summed E-state index contributed by atoms with van der Waals surface area (Å²) in [5.74, 6) is -0.114. The number of urea groups is 1. The van der Waals surface area contributed by atoms with Crippen LogP contribution in [0.25, 0.3) is 0 Å². The molecule has 2 aromatic heterocycles. The van der Waals surface area contributed by atoms with Crippen molar-refractivity contribution in [2.75, 3.05) is 26.7 Å². The highest BCUT2D eigenvalue weighted by molar-refractivity contribution is 7.09. The third kappa shape index (κ3) is 6.19. The molecule has 1 N–H and O–H groups in total. The predicted octanol–water partition coefficient (Wildman–Crippen LogP) is 2.38. The van der Waals surface area contributed by atoms with Crippen molar-refractivity contribution in [1.82, 2.24) is 20.1 Å². The number of carbonyl (C=O) groups is 2. The van der Waals surface area contributed by atoms with Crippen LogP contribution in [0.1, 0.15) is 17.5 Å². The van der Waals surface area contributed by atoms with E-state index in [1.807, 2.05) is 42.6 Å². The Morgan fingerprint density at radius 3 is 2.72 bits per heavy atom. The lowest BCUT2D eigenvalue weighted by Crippen LogP contribution is -2.44. The predicted molar refractivity (Wildman–Crippen MR) is 99.4 cm³/mol. The topological polar surface area (TPSA) is 65.5 Å². The van der Waals surface area contributed by atoms with E-state index in [4.69, 9.17) is 0 Å². The molecule has 7 heteroatoms. The smallest absolute Gasteiger partial charge is 0.318 e. The summed E-state index contributed by atoms with van der Waals surface area (Å²) in [5, 5.41) is 4.70. The van der Waals surface area contributed by atoms with Gasteiger partial charge in [-0.15, -0.1) is 11.3 Å². The summed E-state index contributed by atoms with van der Waals surface area (Å²) in [7, 11) is 1.74. The van der Waals surface area contributed by atoms with E-state index >= 15 is 0 Å². The second kappa shape index (κ2) is 9.78. The van der Waals surface area contributed by atoms with Crippen LogP contribution in [0.3, 0.4) is 0 Å². The number of hydrogen-bond donors (Lipinski definition) is 1. The maximum absolute atomic E-state index is 12.2. The molecular formula is C18H24N4O2S. The summed E-state index contributed by atoms with van der Waals surface area (Å²) in [6, 6.07) is 9.47. The number of likely N-dealkylation sites (N-methyl/N-ethyl adjacent to an activating group) is 1. The first-order valence-electron chi connectivity index (χ1n) is 8.29. The van der Waals surface area contributed by atoms with Gasteiger partial charge >= 0.3 is 6.03 Å². The fraction of sp³-hybridized carbons (Fsp3) is 0.389. The Morgan fingerprint density at radius 2 is 2.08 bits per heavy atom. The number of hydrogen-bond acceptors (Lipinski definition) is 4. The highest BCUT2D eigenvalue weighted by Crippen LogP contribution is 2.11. The third-order valence-corrected chi connectivity index (χ3v) is 4.70. The molecule has 0 unspecified atom stereocenters. The van der Waals surface area contributed by atoms with Crippen LogP contribution in [0.4, 0.5) is 4.79 Å². The second-order valence-corrected chi connectivity index (χ2v) is 6.67. The summed E-state index contributed by atoms with van der Waals surface area (Å²) >= 11 is 1.62. The van der Waals surface area contributed by atoms with E-state index < -0.39 is 0 Å². The van der Waals surface area contributed by atoms with Gasteiger partial charge in [0.15, 0.2) is 0 Å². The monoisotopic (exact) mass is 360 g/mol. The zero-order valence-corrected chi connectivity index (χ0v) is 15.5. The average molecular weight is 360 g/mol. The number of nitrogens with zero attached hydrogens (tertiary/aromatic N) is 3. The molecule has 0 saturated carbocycles. The van der Waals surface area contributed by atoms with Crippen molar-refractivity contribution in [3.63, 3.8) is 0 Å². The van der Waals surface area contributed by atoms with Gasteiger partial charge in [0.2, 0.25) is 5.91 Å². The Balaban J connectivity index is 1.74. The summed E-state index contributed by atoms with van der Waals surface area (Å²) in [6.45, 7) is 3.64. The molecule has 2 rings (SSSR count). The molecule has 0 atom stereocenters. The number of aromatic nitrogens is 1. The number of nitrogens with one attached hydrogen (secondary N) is 1. The molecule has 0 aliphatic heterocycles. The molecule has 2 aromatic rings. The number of carbonyl (C=O) groups excluding carboxylic acids is 2. The summed E-state index contributed by atoms with van der Waals surface area (Å²) in [6.07, 6.45) is 2.43. The summed E-state index contributed by atoms with van der Waals surface area (Å²) < 4.78 is 0. The highest BCUT2D eigenvalue weighted by atomic mass is 32.1. The standard InChI is InChI=1S/C18H24N4O2S/c1-3-22(14-16-8-6-12-25-16)18(24)20-13-17(23)21(2)11-9-15-7-4-5-10-19-15/h4-8,10,12H,3,9,11,13-14H2,1-2H3,(H,20,24). The van der Waals surface area contributed by atoms with Gasteiger partial charge in [-0.3, -0.25) is 9.78 Å². The molecule has 0 fully saturated rings. The molecule has 0 aromatic carbocycles. The van der Waals surface area contributed by atoms with Crippen LogP contribution in [-0.4, -0.2) is 53.4 Å². The quantitative estimate of drug-likeness (QED) is 0.786. The second-order valence-electron chi connectivity index (χ2n) is 5.64. The van der Waals surface area contributed by atoms with Gasteiger partial charge in [0.05, 0.1) is 13.1 Å². The fourth-order valence-corrected chi connectivity index (χ4v) is 2.99. The van der Waals surface area contributed by atoms with Crippen molar-refractivity contribution in [3.05, 3.63) is 52.5 Å². The lowest BCUT2D eigenvalue weighted by Gasteiger charge is -2.22. The van der Waals surface area contributed by atoms with Gasteiger partial charge in [0.1, 0.15) is 0 Å². The van der Waals surface area contributed by atoms with E-state index in [-0.39, 0.29) is 18.5 Å². The molecule has 2 heterocycles. The van der Waals surface area contributed by atoms with Crippen LogP contribution in [0.15, 0.2) is 41.9 Å². The number of rotatable bonds is 8. The maximum Gasteiger partial charge on any atom is 0.318 e. The van der Waals surface area contributed by atoms with Gasteiger partial charge in [-0.05, 0) is 30.5 Å². The van der Waals surface area contributed by atoms with Crippen LogP contribution in [0.5, 0.6) is 0 Å². The molecule has 6 nitrogen and oxygen atoms in total. The van der Waals surface area contributed by atoms with Crippen molar-refractivity contribution in [2.24, 2.45) is 0 Å². The van der Waals surface area contributed by atoms with Crippen molar-refractivity contribution in [3.8, 4) is 0 Å². The van der Waals surface area contributed by atoms with Gasteiger partial charge in [-0.25, -0.2) is 4.79 Å². The first-order valence-corrected chi connectivity index (χ1v) is 9.17. The van der Waals surface area contributed by atoms with Crippen LogP contribution in [0.2, 0.25) is 0 Å². The average Bonchev–Trinajstić information content (AvgIpc) is 3.15. The zero-order chi connectivity index (χ0) is 18.1. The Morgan fingerprint density at radius 1 is 1.24 bits per heavy atom. The highest BCUT2D eigenvalue weighted by Gasteiger charge is 2.15. The van der Waals surface area contributed by atoms with Crippen molar-refractivity contribution >= 4 is 23.3 Å². The molecule has 0 aliphatic carbocycles. The van der Waals surface area contributed by atoms with E-state index in [9.17, 15) is 9.59 Å². The first-order chi connectivity index (χ1) is 12.1. The number of thiophene rings is 1. The largest absolute Gasteiger partial charge is 0.344 e. The van der Waals surface area contributed by atoms with Gasteiger partial charge in [-0.2, -0.15) is 0 Å². The zero-order valence-electron chi connectivity index (χ0n) is 14.6. The molecular weight excluding hydrogens is 336 g/mol. The number of amides is 3. The summed E-state index contributed by atoms with van der Waals surface area (Å²) in [4.78, 5) is 33.1. The minimum Gasteiger partial charge on any atom is -0.344 e. The Hall–Kier alpha value is -2.41. The summed E-state index contributed by atoms with van der Waals surface area (Å²) in [5.41, 5.74) is 0.944.